The van der Waals surface area contributed by atoms with E-state index in [1.54, 1.807) is 0 Å². The second kappa shape index (κ2) is 4.57. The molecule has 5 heteroatoms. The summed E-state index contributed by atoms with van der Waals surface area (Å²) in [6.07, 6.45) is 1.83. The maximum Gasteiger partial charge on any atom is 0.323 e. The van der Waals surface area contributed by atoms with Gasteiger partial charge in [0.25, 0.3) is 0 Å². The molecule has 1 unspecified atom stereocenters. The standard InChI is InChI=1S/C14H16N2O3/c17-13(18)8-16(9-5-6-9)14(19)11-7-15-12-4-2-1-3-10(11)12/h1-4,9,11,15H,5-8H2,(H,17,18). The van der Waals surface area contributed by atoms with E-state index in [0.29, 0.717) is 6.54 Å². The highest BCUT2D eigenvalue weighted by Crippen LogP contribution is 2.35. The molecule has 1 saturated carbocycles. The van der Waals surface area contributed by atoms with Gasteiger partial charge in [-0.3, -0.25) is 9.59 Å². The highest BCUT2D eigenvalue weighted by Gasteiger charge is 2.39. The van der Waals surface area contributed by atoms with Crippen LogP contribution in [0.15, 0.2) is 24.3 Å². The molecular weight excluding hydrogens is 244 g/mol. The zero-order valence-corrected chi connectivity index (χ0v) is 10.5. The quantitative estimate of drug-likeness (QED) is 0.855. The first-order chi connectivity index (χ1) is 9.16. The fraction of sp³-hybridized carbons (Fsp3) is 0.429. The summed E-state index contributed by atoms with van der Waals surface area (Å²) >= 11 is 0. The molecule has 0 aromatic heterocycles. The first kappa shape index (κ1) is 12.0. The molecule has 3 rings (SSSR count). The summed E-state index contributed by atoms with van der Waals surface area (Å²) in [4.78, 5) is 25.0. The van der Waals surface area contributed by atoms with Crippen LogP contribution in [0.1, 0.15) is 24.3 Å². The van der Waals surface area contributed by atoms with E-state index < -0.39 is 5.97 Å². The number of para-hydroxylation sites is 1. The number of carboxylic acid groups (broad SMARTS) is 1. The summed E-state index contributed by atoms with van der Waals surface area (Å²) in [6.45, 7) is 0.364. The highest BCUT2D eigenvalue weighted by atomic mass is 16.4. The molecule has 1 aliphatic heterocycles. The minimum Gasteiger partial charge on any atom is -0.480 e. The normalized spacial score (nSPS) is 20.5. The molecule has 1 aromatic carbocycles. The van der Waals surface area contributed by atoms with Crippen molar-refractivity contribution >= 4 is 17.6 Å². The van der Waals surface area contributed by atoms with Crippen LogP contribution in [0.5, 0.6) is 0 Å². The van der Waals surface area contributed by atoms with E-state index in [1.165, 1.54) is 4.90 Å². The van der Waals surface area contributed by atoms with Gasteiger partial charge in [-0.15, -0.1) is 0 Å². The van der Waals surface area contributed by atoms with Gasteiger partial charge in [0.2, 0.25) is 5.91 Å². The van der Waals surface area contributed by atoms with Gasteiger partial charge < -0.3 is 15.3 Å². The van der Waals surface area contributed by atoms with Gasteiger partial charge in [-0.05, 0) is 24.5 Å². The Morgan fingerprint density at radius 1 is 1.32 bits per heavy atom. The molecular formula is C14H16N2O3. The molecule has 0 saturated heterocycles. The predicted octanol–water partition coefficient (Wildman–Crippen LogP) is 1.27. The van der Waals surface area contributed by atoms with Crippen LogP contribution < -0.4 is 5.32 Å². The molecule has 5 nitrogen and oxygen atoms in total. The first-order valence-electron chi connectivity index (χ1n) is 6.52. The van der Waals surface area contributed by atoms with Crippen LogP contribution in [0, 0.1) is 0 Å². The summed E-state index contributed by atoms with van der Waals surface area (Å²) in [5, 5.41) is 12.1. The largest absolute Gasteiger partial charge is 0.480 e. The molecule has 2 aliphatic rings. The summed E-state index contributed by atoms with van der Waals surface area (Å²) in [7, 11) is 0. The van der Waals surface area contributed by atoms with Gasteiger partial charge in [-0.1, -0.05) is 18.2 Å². The van der Waals surface area contributed by atoms with Crippen LogP contribution in [0.25, 0.3) is 0 Å². The predicted molar refractivity (Wildman–Crippen MR) is 70.0 cm³/mol. The SMILES string of the molecule is O=C(O)CN(C(=O)C1CNc2ccccc21)C1CC1. The van der Waals surface area contributed by atoms with E-state index in [9.17, 15) is 9.59 Å². The van der Waals surface area contributed by atoms with Gasteiger partial charge in [-0.2, -0.15) is 0 Å². The molecule has 1 heterocycles. The summed E-state index contributed by atoms with van der Waals surface area (Å²) < 4.78 is 0. The fourth-order valence-electron chi connectivity index (χ4n) is 2.62. The van der Waals surface area contributed by atoms with Crippen molar-refractivity contribution in [1.82, 2.24) is 4.90 Å². The smallest absolute Gasteiger partial charge is 0.323 e. The number of fused-ring (bicyclic) bond motifs is 1. The molecule has 1 aliphatic carbocycles. The third-order valence-corrected chi connectivity index (χ3v) is 3.71. The molecule has 1 amide bonds. The molecule has 19 heavy (non-hydrogen) atoms. The van der Waals surface area contributed by atoms with Crippen molar-refractivity contribution in [3.05, 3.63) is 29.8 Å². The van der Waals surface area contributed by atoms with Gasteiger partial charge in [0.1, 0.15) is 6.54 Å². The molecule has 0 spiro atoms. The fourth-order valence-corrected chi connectivity index (χ4v) is 2.62. The molecule has 1 fully saturated rings. The van der Waals surface area contributed by atoms with E-state index in [4.69, 9.17) is 5.11 Å². The van der Waals surface area contributed by atoms with Crippen molar-refractivity contribution < 1.29 is 14.7 Å². The number of hydrogen-bond donors (Lipinski definition) is 2. The van der Waals surface area contributed by atoms with Crippen molar-refractivity contribution in [1.29, 1.82) is 0 Å². The number of nitrogens with one attached hydrogen (secondary N) is 1. The van der Waals surface area contributed by atoms with Crippen LogP contribution in [0.3, 0.4) is 0 Å². The van der Waals surface area contributed by atoms with Crippen molar-refractivity contribution in [2.75, 3.05) is 18.4 Å². The van der Waals surface area contributed by atoms with Crippen molar-refractivity contribution in [2.45, 2.75) is 24.8 Å². The van der Waals surface area contributed by atoms with Gasteiger partial charge in [0, 0.05) is 18.3 Å². The lowest BCUT2D eigenvalue weighted by Gasteiger charge is -2.23. The van der Waals surface area contributed by atoms with Gasteiger partial charge in [0.15, 0.2) is 0 Å². The number of nitrogens with zero attached hydrogens (tertiary/aromatic N) is 1. The van der Waals surface area contributed by atoms with Crippen LogP contribution in [-0.2, 0) is 9.59 Å². The van der Waals surface area contributed by atoms with Gasteiger partial charge >= 0.3 is 5.97 Å². The second-order valence-electron chi connectivity index (χ2n) is 5.11. The number of benzene rings is 1. The van der Waals surface area contributed by atoms with E-state index >= 15 is 0 Å². The maximum atomic E-state index is 12.5. The molecule has 1 atom stereocenters. The van der Waals surface area contributed by atoms with E-state index in [2.05, 4.69) is 5.32 Å². The van der Waals surface area contributed by atoms with E-state index in [-0.39, 0.29) is 24.4 Å². The molecule has 0 bridgehead atoms. The molecule has 1 aromatic rings. The molecule has 100 valence electrons. The zero-order valence-electron chi connectivity index (χ0n) is 10.5. The van der Waals surface area contributed by atoms with E-state index in [0.717, 1.165) is 24.1 Å². The average molecular weight is 260 g/mol. The van der Waals surface area contributed by atoms with Crippen molar-refractivity contribution in [3.8, 4) is 0 Å². The van der Waals surface area contributed by atoms with Crippen molar-refractivity contribution in [3.63, 3.8) is 0 Å². The number of amides is 1. The highest BCUT2D eigenvalue weighted by molar-refractivity contribution is 5.90. The third-order valence-electron chi connectivity index (χ3n) is 3.71. The number of aliphatic carboxylic acids is 1. The Balaban J connectivity index is 1.81. The zero-order chi connectivity index (χ0) is 13.4. The van der Waals surface area contributed by atoms with Gasteiger partial charge in [-0.25, -0.2) is 0 Å². The topological polar surface area (TPSA) is 69.6 Å². The monoisotopic (exact) mass is 260 g/mol. The number of rotatable bonds is 4. The minimum absolute atomic E-state index is 0.0673. The summed E-state index contributed by atoms with van der Waals surface area (Å²) in [5.74, 6) is -1.27. The number of carbonyl (C=O) groups excluding carboxylic acids is 1. The summed E-state index contributed by atoms with van der Waals surface area (Å²) in [5.41, 5.74) is 1.95. The van der Waals surface area contributed by atoms with Gasteiger partial charge in [0.05, 0.1) is 5.92 Å². The average Bonchev–Trinajstić information content (AvgIpc) is 3.14. The van der Waals surface area contributed by atoms with Crippen LogP contribution in [0.2, 0.25) is 0 Å². The number of carbonyl (C=O) groups is 2. The van der Waals surface area contributed by atoms with Crippen LogP contribution in [0.4, 0.5) is 5.69 Å². The Bertz CT molecular complexity index is 525. The Morgan fingerprint density at radius 3 is 2.74 bits per heavy atom. The maximum absolute atomic E-state index is 12.5. The Morgan fingerprint density at radius 2 is 2.05 bits per heavy atom. The third kappa shape index (κ3) is 2.28. The van der Waals surface area contributed by atoms with Crippen molar-refractivity contribution in [2.24, 2.45) is 0 Å². The minimum atomic E-state index is -0.945. The number of carboxylic acids is 1. The lowest BCUT2D eigenvalue weighted by molar-refractivity contribution is -0.145. The molecule has 0 radical (unpaired) electrons. The van der Waals surface area contributed by atoms with E-state index in [1.807, 2.05) is 24.3 Å². The Kier molecular flexibility index (Phi) is 2.89. The number of hydrogen-bond acceptors (Lipinski definition) is 3. The Labute approximate surface area is 111 Å². The lowest BCUT2D eigenvalue weighted by atomic mass is 10.00. The lowest BCUT2D eigenvalue weighted by Crippen LogP contribution is -2.40. The molecule has 2 N–H and O–H groups in total. The number of anilines is 1. The van der Waals surface area contributed by atoms with Crippen LogP contribution in [-0.4, -0.2) is 41.0 Å². The van der Waals surface area contributed by atoms with Crippen LogP contribution >= 0.6 is 0 Å². The summed E-state index contributed by atoms with van der Waals surface area (Å²) in [6, 6.07) is 7.83. The second-order valence-corrected chi connectivity index (χ2v) is 5.11. The Hall–Kier alpha value is -2.04. The first-order valence-corrected chi connectivity index (χ1v) is 6.52.